The lowest BCUT2D eigenvalue weighted by Crippen LogP contribution is -2.50. The van der Waals surface area contributed by atoms with E-state index in [4.69, 9.17) is 8.94 Å². The summed E-state index contributed by atoms with van der Waals surface area (Å²) in [6, 6.07) is 4.17. The number of piperidine rings is 1. The van der Waals surface area contributed by atoms with Crippen LogP contribution in [-0.2, 0) is 6.54 Å². The standard InChI is InChI=1S/C19H27N5O3/c25-19(20-14-5-2-1-3-6-14)21-15-8-10-24(11-9-15)13-17-22-18(23-27-17)16-7-4-12-26-16/h4,7,12,14-15H,1-3,5-6,8-11,13H2,(H2,20,21,25). The van der Waals surface area contributed by atoms with E-state index >= 15 is 0 Å². The van der Waals surface area contributed by atoms with E-state index < -0.39 is 0 Å². The highest BCUT2D eigenvalue weighted by Gasteiger charge is 2.23. The molecule has 1 saturated heterocycles. The number of amides is 2. The summed E-state index contributed by atoms with van der Waals surface area (Å²) in [5.74, 6) is 1.67. The first-order valence-corrected chi connectivity index (χ1v) is 9.92. The van der Waals surface area contributed by atoms with Crippen molar-refractivity contribution in [2.45, 2.75) is 63.6 Å². The van der Waals surface area contributed by atoms with Gasteiger partial charge in [-0.1, -0.05) is 24.4 Å². The van der Waals surface area contributed by atoms with Crippen LogP contribution in [0.25, 0.3) is 11.6 Å². The van der Waals surface area contributed by atoms with Gasteiger partial charge in [-0.15, -0.1) is 0 Å². The number of hydrogen-bond acceptors (Lipinski definition) is 6. The lowest BCUT2D eigenvalue weighted by Gasteiger charge is -2.32. The van der Waals surface area contributed by atoms with Crippen molar-refractivity contribution < 1.29 is 13.7 Å². The van der Waals surface area contributed by atoms with Crippen LogP contribution >= 0.6 is 0 Å². The van der Waals surface area contributed by atoms with Crippen molar-refractivity contribution in [1.29, 1.82) is 0 Å². The van der Waals surface area contributed by atoms with E-state index in [1.165, 1.54) is 19.3 Å². The molecular formula is C19H27N5O3. The Morgan fingerprint density at radius 3 is 2.56 bits per heavy atom. The number of urea groups is 1. The Labute approximate surface area is 158 Å². The third-order valence-electron chi connectivity index (χ3n) is 5.43. The van der Waals surface area contributed by atoms with Crippen LogP contribution in [0.4, 0.5) is 4.79 Å². The first-order valence-electron chi connectivity index (χ1n) is 9.92. The second kappa shape index (κ2) is 8.56. The number of nitrogens with zero attached hydrogens (tertiary/aromatic N) is 3. The normalized spacial score (nSPS) is 19.9. The molecule has 27 heavy (non-hydrogen) atoms. The minimum absolute atomic E-state index is 0.0136. The Bertz CT molecular complexity index is 716. The lowest BCUT2D eigenvalue weighted by atomic mass is 9.96. The van der Waals surface area contributed by atoms with Crippen LogP contribution in [0.1, 0.15) is 50.8 Å². The minimum Gasteiger partial charge on any atom is -0.461 e. The largest absolute Gasteiger partial charge is 0.461 e. The van der Waals surface area contributed by atoms with E-state index in [2.05, 4.69) is 25.7 Å². The first kappa shape index (κ1) is 18.0. The van der Waals surface area contributed by atoms with Gasteiger partial charge in [-0.25, -0.2) is 4.79 Å². The van der Waals surface area contributed by atoms with Gasteiger partial charge in [-0.3, -0.25) is 4.90 Å². The summed E-state index contributed by atoms with van der Waals surface area (Å²) in [5, 5.41) is 10.2. The van der Waals surface area contributed by atoms with Crippen molar-refractivity contribution >= 4 is 6.03 Å². The predicted molar refractivity (Wildman–Crippen MR) is 98.8 cm³/mol. The van der Waals surface area contributed by atoms with Crippen molar-refractivity contribution in [2.24, 2.45) is 0 Å². The fourth-order valence-corrected chi connectivity index (χ4v) is 3.91. The van der Waals surface area contributed by atoms with E-state index in [1.54, 1.807) is 12.3 Å². The molecule has 2 aromatic heterocycles. The highest BCUT2D eigenvalue weighted by molar-refractivity contribution is 5.74. The van der Waals surface area contributed by atoms with Gasteiger partial charge in [0, 0.05) is 25.2 Å². The second-order valence-corrected chi connectivity index (χ2v) is 7.49. The summed E-state index contributed by atoms with van der Waals surface area (Å²) in [6.45, 7) is 2.41. The molecule has 0 aromatic carbocycles. The molecule has 8 heteroatoms. The summed E-state index contributed by atoms with van der Waals surface area (Å²) >= 11 is 0. The lowest BCUT2D eigenvalue weighted by molar-refractivity contribution is 0.168. The van der Waals surface area contributed by atoms with Crippen LogP contribution in [0, 0.1) is 0 Å². The van der Waals surface area contributed by atoms with Gasteiger partial charge in [-0.05, 0) is 37.8 Å². The van der Waals surface area contributed by atoms with Gasteiger partial charge in [0.05, 0.1) is 12.8 Å². The Hall–Kier alpha value is -2.35. The van der Waals surface area contributed by atoms with Crippen LogP contribution < -0.4 is 10.6 Å². The number of furan rings is 1. The van der Waals surface area contributed by atoms with Crippen LogP contribution in [0.5, 0.6) is 0 Å². The van der Waals surface area contributed by atoms with E-state index in [9.17, 15) is 4.79 Å². The van der Waals surface area contributed by atoms with Gasteiger partial charge in [0.1, 0.15) is 0 Å². The van der Waals surface area contributed by atoms with Crippen molar-refractivity contribution in [2.75, 3.05) is 13.1 Å². The number of aromatic nitrogens is 2. The molecule has 1 aliphatic heterocycles. The fourth-order valence-electron chi connectivity index (χ4n) is 3.91. The maximum absolute atomic E-state index is 12.2. The van der Waals surface area contributed by atoms with Crippen molar-refractivity contribution in [3.8, 4) is 11.6 Å². The molecule has 2 fully saturated rings. The number of carbonyl (C=O) groups is 1. The quantitative estimate of drug-likeness (QED) is 0.836. The molecule has 2 aliphatic rings. The summed E-state index contributed by atoms with van der Waals surface area (Å²) in [5.41, 5.74) is 0. The molecule has 2 amide bonds. The van der Waals surface area contributed by atoms with Crippen molar-refractivity contribution in [3.63, 3.8) is 0 Å². The summed E-state index contributed by atoms with van der Waals surface area (Å²) in [4.78, 5) is 18.9. The molecule has 2 N–H and O–H groups in total. The molecular weight excluding hydrogens is 346 g/mol. The van der Waals surface area contributed by atoms with Gasteiger partial charge in [0.2, 0.25) is 11.7 Å². The van der Waals surface area contributed by atoms with Crippen LogP contribution in [-0.4, -0.2) is 46.2 Å². The van der Waals surface area contributed by atoms with Gasteiger partial charge in [-0.2, -0.15) is 4.98 Å². The molecule has 0 radical (unpaired) electrons. The number of likely N-dealkylation sites (tertiary alicyclic amines) is 1. The summed E-state index contributed by atoms with van der Waals surface area (Å²) in [6.07, 6.45) is 9.40. The van der Waals surface area contributed by atoms with Crippen LogP contribution in [0.3, 0.4) is 0 Å². The first-order chi connectivity index (χ1) is 13.3. The number of rotatable bonds is 5. The predicted octanol–water partition coefficient (Wildman–Crippen LogP) is 2.93. The molecule has 1 saturated carbocycles. The number of nitrogens with one attached hydrogen (secondary N) is 2. The highest BCUT2D eigenvalue weighted by atomic mass is 16.5. The molecule has 0 atom stereocenters. The fraction of sp³-hybridized carbons (Fsp3) is 0.632. The average molecular weight is 373 g/mol. The Morgan fingerprint density at radius 2 is 1.85 bits per heavy atom. The molecule has 0 unspecified atom stereocenters. The van der Waals surface area contributed by atoms with E-state index in [0.717, 1.165) is 38.8 Å². The Balaban J connectivity index is 1.19. The monoisotopic (exact) mass is 373 g/mol. The highest BCUT2D eigenvalue weighted by Crippen LogP contribution is 2.19. The van der Waals surface area contributed by atoms with Crippen LogP contribution in [0.2, 0.25) is 0 Å². The summed E-state index contributed by atoms with van der Waals surface area (Å²) in [7, 11) is 0. The zero-order chi connectivity index (χ0) is 18.5. The van der Waals surface area contributed by atoms with E-state index in [1.807, 2.05) is 6.07 Å². The second-order valence-electron chi connectivity index (χ2n) is 7.49. The summed E-state index contributed by atoms with van der Waals surface area (Å²) < 4.78 is 10.6. The van der Waals surface area contributed by atoms with E-state index in [-0.39, 0.29) is 12.1 Å². The molecule has 0 spiro atoms. The third-order valence-corrected chi connectivity index (χ3v) is 5.43. The van der Waals surface area contributed by atoms with Gasteiger partial charge < -0.3 is 19.6 Å². The van der Waals surface area contributed by atoms with Crippen LogP contribution in [0.15, 0.2) is 27.3 Å². The SMILES string of the molecule is O=C(NC1CCCCC1)NC1CCN(Cc2nc(-c3ccco3)no2)CC1. The van der Waals surface area contributed by atoms with Crippen molar-refractivity contribution in [1.82, 2.24) is 25.7 Å². The maximum atomic E-state index is 12.2. The van der Waals surface area contributed by atoms with Crippen molar-refractivity contribution in [3.05, 3.63) is 24.3 Å². The Kier molecular flexibility index (Phi) is 5.72. The molecule has 8 nitrogen and oxygen atoms in total. The zero-order valence-electron chi connectivity index (χ0n) is 15.5. The average Bonchev–Trinajstić information content (AvgIpc) is 3.36. The minimum atomic E-state index is -0.0136. The maximum Gasteiger partial charge on any atom is 0.315 e. The topological polar surface area (TPSA) is 96.4 Å². The molecule has 4 rings (SSSR count). The zero-order valence-corrected chi connectivity index (χ0v) is 15.5. The smallest absolute Gasteiger partial charge is 0.315 e. The molecule has 146 valence electrons. The molecule has 0 bridgehead atoms. The number of carbonyl (C=O) groups excluding carboxylic acids is 1. The van der Waals surface area contributed by atoms with Gasteiger partial charge in [0.15, 0.2) is 5.76 Å². The molecule has 2 aromatic rings. The molecule has 1 aliphatic carbocycles. The third kappa shape index (κ3) is 4.88. The Morgan fingerprint density at radius 1 is 1.11 bits per heavy atom. The van der Waals surface area contributed by atoms with Gasteiger partial charge >= 0.3 is 6.03 Å². The van der Waals surface area contributed by atoms with E-state index in [0.29, 0.717) is 30.1 Å². The van der Waals surface area contributed by atoms with Gasteiger partial charge in [0.25, 0.3) is 0 Å². The molecule has 3 heterocycles. The number of hydrogen-bond donors (Lipinski definition) is 2.